The number of hydrogen-bond acceptors (Lipinski definition) is 4. The quantitative estimate of drug-likeness (QED) is 0.835. The van der Waals surface area contributed by atoms with Crippen molar-refractivity contribution in [2.45, 2.75) is 52.0 Å². The molecule has 1 saturated carbocycles. The Bertz CT molecular complexity index is 547. The Morgan fingerprint density at radius 1 is 1.38 bits per heavy atom. The third-order valence-corrected chi connectivity index (χ3v) is 5.57. The minimum Gasteiger partial charge on any atom is -0.252 e. The van der Waals surface area contributed by atoms with Gasteiger partial charge < -0.3 is 0 Å². The Balaban J connectivity index is 2.08. The van der Waals surface area contributed by atoms with Crippen LogP contribution in [0.5, 0.6) is 0 Å². The molecule has 0 bridgehead atoms. The van der Waals surface area contributed by atoms with Gasteiger partial charge in [0.2, 0.25) is 10.0 Å². The Labute approximate surface area is 127 Å². The number of aromatic nitrogens is 3. The highest BCUT2D eigenvalue weighted by Crippen LogP contribution is 2.27. The van der Waals surface area contributed by atoms with E-state index in [-0.39, 0.29) is 11.8 Å². The van der Waals surface area contributed by atoms with E-state index in [0.29, 0.717) is 17.7 Å². The van der Waals surface area contributed by atoms with Crippen molar-refractivity contribution >= 4 is 10.0 Å². The van der Waals surface area contributed by atoms with Crippen LogP contribution in [0.2, 0.25) is 0 Å². The van der Waals surface area contributed by atoms with E-state index in [0.717, 1.165) is 32.1 Å². The Morgan fingerprint density at radius 2 is 2.05 bits per heavy atom. The van der Waals surface area contributed by atoms with E-state index < -0.39 is 10.0 Å². The minimum atomic E-state index is -3.28. The van der Waals surface area contributed by atoms with Gasteiger partial charge in [-0.25, -0.2) is 18.1 Å². The molecule has 0 spiro atoms. The van der Waals surface area contributed by atoms with Gasteiger partial charge in [0.05, 0.1) is 11.8 Å². The summed E-state index contributed by atoms with van der Waals surface area (Å²) in [6.07, 6.45) is 6.54. The monoisotopic (exact) mass is 314 g/mol. The highest BCUT2D eigenvalue weighted by molar-refractivity contribution is 7.89. The molecule has 2 rings (SSSR count). The van der Waals surface area contributed by atoms with Gasteiger partial charge in [0.15, 0.2) is 0 Å². The molecule has 0 aliphatic heterocycles. The standard InChI is InChI=1S/C14H26N4O2S/c1-11(2)8-13(14-15-10-16-18(14)3)17-21(19,20)9-12-6-4-5-7-12/h10-13,17H,4-9H2,1-3H3/t13-/m0/s1. The SMILES string of the molecule is CC(C)C[C@H](NS(=O)(=O)CC1CCCC1)c1ncnn1C. The molecule has 1 aliphatic carbocycles. The molecule has 21 heavy (non-hydrogen) atoms. The lowest BCUT2D eigenvalue weighted by Crippen LogP contribution is -2.34. The maximum absolute atomic E-state index is 12.4. The topological polar surface area (TPSA) is 76.9 Å². The summed E-state index contributed by atoms with van der Waals surface area (Å²) in [6, 6.07) is -0.302. The first-order valence-electron chi connectivity index (χ1n) is 7.71. The molecule has 1 atom stereocenters. The predicted octanol–water partition coefficient (Wildman–Crippen LogP) is 2.01. The van der Waals surface area contributed by atoms with Crippen molar-refractivity contribution in [3.63, 3.8) is 0 Å². The summed E-state index contributed by atoms with van der Waals surface area (Å²) in [5.41, 5.74) is 0. The third-order valence-electron chi connectivity index (χ3n) is 4.02. The normalized spacial score (nSPS) is 18.5. The summed E-state index contributed by atoms with van der Waals surface area (Å²) in [6.45, 7) is 4.16. The van der Waals surface area contributed by atoms with Crippen molar-refractivity contribution in [3.05, 3.63) is 12.2 Å². The van der Waals surface area contributed by atoms with Gasteiger partial charge in [0.1, 0.15) is 12.2 Å². The summed E-state index contributed by atoms with van der Waals surface area (Å²) in [7, 11) is -1.49. The zero-order valence-corrected chi connectivity index (χ0v) is 13.9. The first kappa shape index (κ1) is 16.4. The van der Waals surface area contributed by atoms with Crippen LogP contribution in [-0.2, 0) is 17.1 Å². The van der Waals surface area contributed by atoms with E-state index >= 15 is 0 Å². The molecule has 0 radical (unpaired) electrons. The molecular weight excluding hydrogens is 288 g/mol. The number of nitrogens with one attached hydrogen (secondary N) is 1. The van der Waals surface area contributed by atoms with Crippen LogP contribution in [0.1, 0.15) is 57.8 Å². The molecule has 120 valence electrons. The maximum Gasteiger partial charge on any atom is 0.212 e. The summed E-state index contributed by atoms with van der Waals surface area (Å²) < 4.78 is 29.3. The Hall–Kier alpha value is -0.950. The zero-order chi connectivity index (χ0) is 15.5. The van der Waals surface area contributed by atoms with Crippen molar-refractivity contribution in [3.8, 4) is 0 Å². The van der Waals surface area contributed by atoms with E-state index in [4.69, 9.17) is 0 Å². The largest absolute Gasteiger partial charge is 0.252 e. The first-order valence-corrected chi connectivity index (χ1v) is 9.36. The van der Waals surface area contributed by atoms with Crippen molar-refractivity contribution in [1.29, 1.82) is 0 Å². The van der Waals surface area contributed by atoms with Gasteiger partial charge in [-0.05, 0) is 31.1 Å². The Kier molecular flexibility index (Phi) is 5.37. The van der Waals surface area contributed by atoms with Crippen LogP contribution in [0.25, 0.3) is 0 Å². The molecule has 6 nitrogen and oxygen atoms in total. The van der Waals surface area contributed by atoms with E-state index in [1.807, 2.05) is 0 Å². The predicted molar refractivity (Wildman–Crippen MR) is 82.1 cm³/mol. The van der Waals surface area contributed by atoms with Gasteiger partial charge in [0.25, 0.3) is 0 Å². The number of sulfonamides is 1. The second kappa shape index (κ2) is 6.87. The molecular formula is C14H26N4O2S. The average molecular weight is 314 g/mol. The number of hydrogen-bond donors (Lipinski definition) is 1. The lowest BCUT2D eigenvalue weighted by atomic mass is 10.0. The van der Waals surface area contributed by atoms with E-state index in [1.165, 1.54) is 6.33 Å². The molecule has 0 amide bonds. The van der Waals surface area contributed by atoms with E-state index in [1.54, 1.807) is 11.7 Å². The average Bonchev–Trinajstić information content (AvgIpc) is 2.98. The van der Waals surface area contributed by atoms with Crippen molar-refractivity contribution in [1.82, 2.24) is 19.5 Å². The highest BCUT2D eigenvalue weighted by atomic mass is 32.2. The molecule has 1 aliphatic rings. The van der Waals surface area contributed by atoms with Gasteiger partial charge in [-0.1, -0.05) is 26.7 Å². The minimum absolute atomic E-state index is 0.236. The summed E-state index contributed by atoms with van der Waals surface area (Å²) in [5, 5.41) is 4.05. The lowest BCUT2D eigenvalue weighted by molar-refractivity contribution is 0.440. The fourth-order valence-corrected chi connectivity index (χ4v) is 4.74. The van der Waals surface area contributed by atoms with Crippen LogP contribution in [0.15, 0.2) is 6.33 Å². The fourth-order valence-electron chi connectivity index (χ4n) is 3.05. The summed E-state index contributed by atoms with van der Waals surface area (Å²) in [5.74, 6) is 1.60. The lowest BCUT2D eigenvalue weighted by Gasteiger charge is -2.21. The molecule has 0 saturated heterocycles. The Morgan fingerprint density at radius 3 is 2.57 bits per heavy atom. The van der Waals surface area contributed by atoms with Gasteiger partial charge in [-0.15, -0.1) is 0 Å². The van der Waals surface area contributed by atoms with Crippen LogP contribution in [-0.4, -0.2) is 28.9 Å². The maximum atomic E-state index is 12.4. The molecule has 0 unspecified atom stereocenters. The van der Waals surface area contributed by atoms with Crippen LogP contribution >= 0.6 is 0 Å². The van der Waals surface area contributed by atoms with Crippen molar-refractivity contribution < 1.29 is 8.42 Å². The van der Waals surface area contributed by atoms with Crippen LogP contribution in [0.3, 0.4) is 0 Å². The number of nitrogens with zero attached hydrogens (tertiary/aromatic N) is 3. The molecule has 0 aromatic carbocycles. The van der Waals surface area contributed by atoms with Crippen LogP contribution < -0.4 is 4.72 Å². The van der Waals surface area contributed by atoms with E-state index in [9.17, 15) is 8.42 Å². The molecule has 1 fully saturated rings. The zero-order valence-electron chi connectivity index (χ0n) is 13.1. The van der Waals surface area contributed by atoms with Crippen LogP contribution in [0.4, 0.5) is 0 Å². The molecule has 1 N–H and O–H groups in total. The van der Waals surface area contributed by atoms with Crippen LogP contribution in [0, 0.1) is 11.8 Å². The summed E-state index contributed by atoms with van der Waals surface area (Å²) in [4.78, 5) is 4.21. The second-order valence-corrected chi connectivity index (χ2v) is 8.27. The molecule has 1 heterocycles. The summed E-state index contributed by atoms with van der Waals surface area (Å²) >= 11 is 0. The molecule has 1 aromatic heterocycles. The smallest absolute Gasteiger partial charge is 0.212 e. The van der Waals surface area contributed by atoms with Crippen molar-refractivity contribution in [2.24, 2.45) is 18.9 Å². The fraction of sp³-hybridized carbons (Fsp3) is 0.857. The highest BCUT2D eigenvalue weighted by Gasteiger charge is 2.27. The molecule has 7 heteroatoms. The van der Waals surface area contributed by atoms with Gasteiger partial charge in [-0.3, -0.25) is 4.68 Å². The van der Waals surface area contributed by atoms with E-state index in [2.05, 4.69) is 28.7 Å². The third kappa shape index (κ3) is 4.78. The first-order chi connectivity index (χ1) is 9.87. The number of rotatable bonds is 7. The second-order valence-electron chi connectivity index (χ2n) is 6.47. The van der Waals surface area contributed by atoms with Crippen molar-refractivity contribution in [2.75, 3.05) is 5.75 Å². The number of aryl methyl sites for hydroxylation is 1. The van der Waals surface area contributed by atoms with Gasteiger partial charge in [0, 0.05) is 7.05 Å². The van der Waals surface area contributed by atoms with Gasteiger partial charge in [-0.2, -0.15) is 5.10 Å². The van der Waals surface area contributed by atoms with Gasteiger partial charge >= 0.3 is 0 Å². The molecule has 1 aromatic rings.